The molecule has 1 aromatic carbocycles. The highest BCUT2D eigenvalue weighted by molar-refractivity contribution is 7.80. The zero-order valence-electron chi connectivity index (χ0n) is 21.0. The van der Waals surface area contributed by atoms with Crippen molar-refractivity contribution < 1.29 is 0 Å². The first-order valence-corrected chi connectivity index (χ1v) is 13.8. The van der Waals surface area contributed by atoms with Gasteiger partial charge >= 0.3 is 0 Å². The monoisotopic (exact) mass is 493 g/mol. The number of piperazine rings is 1. The van der Waals surface area contributed by atoms with Gasteiger partial charge in [0, 0.05) is 57.1 Å². The number of nitrogens with zero attached hydrogens (tertiary/aromatic N) is 5. The quantitative estimate of drug-likeness (QED) is 0.584. The molecule has 1 aromatic heterocycles. The maximum atomic E-state index is 5.67. The zero-order chi connectivity index (χ0) is 24.0. The second kappa shape index (κ2) is 11.4. The molecule has 8 heteroatoms. The van der Waals surface area contributed by atoms with E-state index in [9.17, 15) is 0 Å². The van der Waals surface area contributed by atoms with Gasteiger partial charge in [-0.2, -0.15) is 9.97 Å². The Morgan fingerprint density at radius 3 is 2.23 bits per heavy atom. The molecule has 1 saturated carbocycles. The highest BCUT2D eigenvalue weighted by Crippen LogP contribution is 2.27. The Kier molecular flexibility index (Phi) is 7.86. The second-order valence-electron chi connectivity index (χ2n) is 10.3. The summed E-state index contributed by atoms with van der Waals surface area (Å²) in [6, 6.07) is 13.3. The maximum absolute atomic E-state index is 5.67. The van der Waals surface area contributed by atoms with Crippen LogP contribution in [0.3, 0.4) is 0 Å². The lowest BCUT2D eigenvalue weighted by Gasteiger charge is -2.37. The normalized spacial score (nSPS) is 21.6. The predicted molar refractivity (Wildman–Crippen MR) is 150 cm³/mol. The summed E-state index contributed by atoms with van der Waals surface area (Å²) in [6.45, 7) is 8.26. The molecule has 0 bridgehead atoms. The van der Waals surface area contributed by atoms with Gasteiger partial charge in [0.1, 0.15) is 11.6 Å². The highest BCUT2D eigenvalue weighted by Gasteiger charge is 2.23. The Balaban J connectivity index is 1.31. The Hall–Kier alpha value is -2.61. The molecule has 7 nitrogen and oxygen atoms in total. The van der Waals surface area contributed by atoms with Crippen molar-refractivity contribution in [2.75, 3.05) is 59.3 Å². The maximum Gasteiger partial charge on any atom is 0.232 e. The number of rotatable bonds is 5. The molecule has 2 aliphatic heterocycles. The van der Waals surface area contributed by atoms with Crippen molar-refractivity contribution in [3.63, 3.8) is 0 Å². The van der Waals surface area contributed by atoms with Crippen molar-refractivity contribution in [3.05, 3.63) is 36.4 Å². The molecule has 1 atom stereocenters. The molecule has 2 aromatic rings. The summed E-state index contributed by atoms with van der Waals surface area (Å²) in [5.74, 6) is 3.29. The number of para-hydroxylation sites is 1. The molecular formula is C27H39N7S. The molecule has 0 spiro atoms. The van der Waals surface area contributed by atoms with E-state index >= 15 is 0 Å². The molecule has 3 fully saturated rings. The van der Waals surface area contributed by atoms with E-state index in [0.29, 0.717) is 23.0 Å². The predicted octanol–water partition coefficient (Wildman–Crippen LogP) is 4.66. The minimum atomic E-state index is 0.459. The van der Waals surface area contributed by atoms with Gasteiger partial charge in [0.25, 0.3) is 0 Å². The van der Waals surface area contributed by atoms with Crippen LogP contribution in [-0.2, 0) is 0 Å². The topological polar surface area (TPSA) is 59.6 Å². The standard InChI is InChI=1S/C27H39N7S/c1-21-9-8-14-34(20-21)25-19-24(33-17-15-32(16-18-33)23-12-6-3-7-13-23)29-26(30-25)31-27(35)28-22-10-4-2-5-11-22/h3,6-7,12-13,19,21-22H,2,4-5,8-11,14-18,20H2,1H3,(H2,28,29,30,31,35)/t21-/m1/s1. The molecule has 0 amide bonds. The van der Waals surface area contributed by atoms with Crippen molar-refractivity contribution in [2.45, 2.75) is 57.9 Å². The minimum Gasteiger partial charge on any atom is -0.368 e. The van der Waals surface area contributed by atoms with E-state index in [2.05, 4.69) is 68.7 Å². The Morgan fingerprint density at radius 2 is 1.51 bits per heavy atom. The van der Waals surface area contributed by atoms with Crippen LogP contribution >= 0.6 is 12.2 Å². The molecule has 188 valence electrons. The van der Waals surface area contributed by atoms with E-state index in [1.165, 1.54) is 50.6 Å². The van der Waals surface area contributed by atoms with Crippen LogP contribution in [0, 0.1) is 5.92 Å². The number of hydrogen-bond acceptors (Lipinski definition) is 6. The van der Waals surface area contributed by atoms with Gasteiger partial charge in [0.05, 0.1) is 0 Å². The number of anilines is 4. The fraction of sp³-hybridized carbons (Fsp3) is 0.593. The van der Waals surface area contributed by atoms with E-state index in [-0.39, 0.29) is 0 Å². The van der Waals surface area contributed by atoms with Gasteiger partial charge in [-0.1, -0.05) is 44.4 Å². The molecule has 3 heterocycles. The summed E-state index contributed by atoms with van der Waals surface area (Å²) in [5.41, 5.74) is 1.29. The molecule has 0 radical (unpaired) electrons. The van der Waals surface area contributed by atoms with Gasteiger partial charge in [-0.25, -0.2) is 0 Å². The Bertz CT molecular complexity index is 971. The van der Waals surface area contributed by atoms with E-state index in [0.717, 1.165) is 50.9 Å². The summed E-state index contributed by atoms with van der Waals surface area (Å²) < 4.78 is 0. The van der Waals surface area contributed by atoms with Gasteiger partial charge in [-0.05, 0) is 56.0 Å². The first kappa shape index (κ1) is 24.1. The van der Waals surface area contributed by atoms with Crippen molar-refractivity contribution in [2.24, 2.45) is 5.92 Å². The average Bonchev–Trinajstić information content (AvgIpc) is 2.90. The van der Waals surface area contributed by atoms with Gasteiger partial charge in [-0.3, -0.25) is 0 Å². The number of piperidine rings is 1. The van der Waals surface area contributed by atoms with Crippen molar-refractivity contribution in [3.8, 4) is 0 Å². The minimum absolute atomic E-state index is 0.459. The van der Waals surface area contributed by atoms with Crippen LogP contribution in [0.4, 0.5) is 23.3 Å². The lowest BCUT2D eigenvalue weighted by molar-refractivity contribution is 0.414. The van der Waals surface area contributed by atoms with Crippen LogP contribution in [0.1, 0.15) is 51.9 Å². The molecule has 2 N–H and O–H groups in total. The number of nitrogens with one attached hydrogen (secondary N) is 2. The summed E-state index contributed by atoms with van der Waals surface area (Å²) >= 11 is 5.67. The van der Waals surface area contributed by atoms with Gasteiger partial charge in [-0.15, -0.1) is 0 Å². The van der Waals surface area contributed by atoms with E-state index < -0.39 is 0 Å². The van der Waals surface area contributed by atoms with E-state index in [1.54, 1.807) is 0 Å². The summed E-state index contributed by atoms with van der Waals surface area (Å²) in [5, 5.41) is 7.47. The number of hydrogen-bond donors (Lipinski definition) is 2. The molecule has 2 saturated heterocycles. The first-order valence-electron chi connectivity index (χ1n) is 13.4. The van der Waals surface area contributed by atoms with Gasteiger partial charge in [0.15, 0.2) is 5.11 Å². The zero-order valence-corrected chi connectivity index (χ0v) is 21.8. The average molecular weight is 494 g/mol. The molecular weight excluding hydrogens is 454 g/mol. The van der Waals surface area contributed by atoms with Crippen molar-refractivity contribution in [1.29, 1.82) is 0 Å². The van der Waals surface area contributed by atoms with Gasteiger partial charge in [0.2, 0.25) is 5.95 Å². The van der Waals surface area contributed by atoms with Crippen LogP contribution in [0.5, 0.6) is 0 Å². The third-order valence-corrected chi connectivity index (χ3v) is 7.79. The van der Waals surface area contributed by atoms with Crippen LogP contribution < -0.4 is 25.3 Å². The molecule has 1 aliphatic carbocycles. The molecule has 5 rings (SSSR count). The van der Waals surface area contributed by atoms with Crippen molar-refractivity contribution in [1.82, 2.24) is 15.3 Å². The van der Waals surface area contributed by atoms with Gasteiger partial charge < -0.3 is 25.3 Å². The summed E-state index contributed by atoms with van der Waals surface area (Å²) in [4.78, 5) is 17.1. The lowest BCUT2D eigenvalue weighted by Crippen LogP contribution is -2.47. The molecule has 0 unspecified atom stereocenters. The van der Waals surface area contributed by atoms with Crippen LogP contribution in [0.2, 0.25) is 0 Å². The fourth-order valence-electron chi connectivity index (χ4n) is 5.60. The fourth-order valence-corrected chi connectivity index (χ4v) is 5.86. The van der Waals surface area contributed by atoms with E-state index in [4.69, 9.17) is 22.2 Å². The number of thiocarbonyl (C=S) groups is 1. The Morgan fingerprint density at radius 1 is 0.829 bits per heavy atom. The highest BCUT2D eigenvalue weighted by atomic mass is 32.1. The van der Waals surface area contributed by atoms with Crippen LogP contribution in [0.25, 0.3) is 0 Å². The van der Waals surface area contributed by atoms with Crippen molar-refractivity contribution >= 4 is 40.6 Å². The first-order chi connectivity index (χ1) is 17.1. The van der Waals surface area contributed by atoms with Crippen LogP contribution in [-0.4, -0.2) is 60.4 Å². The van der Waals surface area contributed by atoms with E-state index in [1.807, 2.05) is 0 Å². The summed E-state index contributed by atoms with van der Waals surface area (Å²) in [7, 11) is 0. The SMILES string of the molecule is C[C@@H]1CCCN(c2cc(N3CCN(c4ccccc4)CC3)nc(NC(=S)NC3CCCCC3)n2)C1. The smallest absolute Gasteiger partial charge is 0.232 e. The summed E-state index contributed by atoms with van der Waals surface area (Å²) in [6.07, 6.45) is 8.75. The lowest BCUT2D eigenvalue weighted by atomic mass is 9.96. The molecule has 35 heavy (non-hydrogen) atoms. The third-order valence-electron chi connectivity index (χ3n) is 7.57. The number of benzene rings is 1. The third kappa shape index (κ3) is 6.34. The molecule has 3 aliphatic rings. The largest absolute Gasteiger partial charge is 0.368 e. The second-order valence-corrected chi connectivity index (χ2v) is 10.8. The van der Waals surface area contributed by atoms with Crippen LogP contribution in [0.15, 0.2) is 36.4 Å². The Labute approximate surface area is 215 Å². The number of aromatic nitrogens is 2.